The first-order chi connectivity index (χ1) is 15.1. The van der Waals surface area contributed by atoms with E-state index in [1.807, 2.05) is 42.5 Å². The summed E-state index contributed by atoms with van der Waals surface area (Å²) in [6, 6.07) is 16.4. The van der Waals surface area contributed by atoms with Gasteiger partial charge in [-0.05, 0) is 42.0 Å². The zero-order valence-electron chi connectivity index (χ0n) is 17.3. The molecular formula is C24H26N2O4S. The summed E-state index contributed by atoms with van der Waals surface area (Å²) in [5.41, 5.74) is 2.45. The maximum absolute atomic E-state index is 14.0. The average molecular weight is 439 g/mol. The van der Waals surface area contributed by atoms with Crippen LogP contribution in [0.3, 0.4) is 0 Å². The molecular weight excluding hydrogens is 412 g/mol. The van der Waals surface area contributed by atoms with Gasteiger partial charge in [0, 0.05) is 24.7 Å². The maximum atomic E-state index is 14.0. The lowest BCUT2D eigenvalue weighted by atomic mass is 10.1. The first-order valence-corrected chi connectivity index (χ1v) is 12.1. The van der Waals surface area contributed by atoms with E-state index in [0.29, 0.717) is 31.3 Å². The number of ether oxygens (including phenoxy) is 2. The lowest BCUT2D eigenvalue weighted by molar-refractivity contribution is 0.0154. The molecule has 0 bridgehead atoms. The first-order valence-electron chi connectivity index (χ1n) is 10.7. The summed E-state index contributed by atoms with van der Waals surface area (Å²) in [5.74, 6) is 0.613. The first kappa shape index (κ1) is 20.6. The van der Waals surface area contributed by atoms with Crippen molar-refractivity contribution in [3.8, 4) is 0 Å². The van der Waals surface area contributed by atoms with E-state index in [2.05, 4.69) is 4.98 Å². The molecule has 0 radical (unpaired) electrons. The number of hydrogen-bond acceptors (Lipinski definition) is 5. The summed E-state index contributed by atoms with van der Waals surface area (Å²) in [4.78, 5) is 4.60. The number of fused-ring (bicyclic) bond motifs is 2. The molecule has 0 saturated heterocycles. The standard InChI is InChI=1S/C24H26N2O4S/c27-31(28,23-9-3-7-19-8-4-12-25-24(19)23)26-13-20-5-1-2-6-21(20)15-30-17-22(26)16-29-14-18-10-11-18/h1-9,12,18,22H,10-11,13-17H2/t22-/m1/s1. The van der Waals surface area contributed by atoms with Gasteiger partial charge in [0.2, 0.25) is 10.0 Å². The number of nitrogens with zero attached hydrogens (tertiary/aromatic N) is 2. The van der Waals surface area contributed by atoms with Gasteiger partial charge < -0.3 is 9.47 Å². The molecule has 5 rings (SSSR count). The molecule has 1 aliphatic carbocycles. The van der Waals surface area contributed by atoms with Gasteiger partial charge in [-0.3, -0.25) is 4.98 Å². The van der Waals surface area contributed by atoms with Crippen molar-refractivity contribution in [3.63, 3.8) is 0 Å². The van der Waals surface area contributed by atoms with Gasteiger partial charge in [0.25, 0.3) is 0 Å². The second kappa shape index (κ2) is 8.67. The zero-order chi connectivity index (χ0) is 21.3. The monoisotopic (exact) mass is 438 g/mol. The van der Waals surface area contributed by atoms with E-state index in [9.17, 15) is 8.42 Å². The predicted octanol–water partition coefficient (Wildman–Crippen LogP) is 3.75. The highest BCUT2D eigenvalue weighted by Crippen LogP contribution is 2.31. The summed E-state index contributed by atoms with van der Waals surface area (Å²) >= 11 is 0. The molecule has 3 aromatic rings. The van der Waals surface area contributed by atoms with Gasteiger partial charge in [-0.1, -0.05) is 42.5 Å². The third kappa shape index (κ3) is 4.36. The molecule has 1 fully saturated rings. The lowest BCUT2D eigenvalue weighted by Gasteiger charge is -2.33. The summed E-state index contributed by atoms with van der Waals surface area (Å²) in [6.45, 7) is 2.03. The van der Waals surface area contributed by atoms with Crippen molar-refractivity contribution < 1.29 is 17.9 Å². The quantitative estimate of drug-likeness (QED) is 0.586. The smallest absolute Gasteiger partial charge is 0.245 e. The average Bonchev–Trinajstić information content (AvgIpc) is 3.59. The molecule has 2 heterocycles. The number of para-hydroxylation sites is 1. The Morgan fingerprint density at radius 3 is 2.65 bits per heavy atom. The predicted molar refractivity (Wildman–Crippen MR) is 118 cm³/mol. The molecule has 7 heteroatoms. The van der Waals surface area contributed by atoms with Crippen LogP contribution in [0.25, 0.3) is 10.9 Å². The highest BCUT2D eigenvalue weighted by molar-refractivity contribution is 7.89. The number of sulfonamides is 1. The van der Waals surface area contributed by atoms with Gasteiger partial charge in [-0.2, -0.15) is 4.31 Å². The van der Waals surface area contributed by atoms with Crippen LogP contribution in [0, 0.1) is 5.92 Å². The van der Waals surface area contributed by atoms with Crippen LogP contribution in [-0.4, -0.2) is 43.6 Å². The van der Waals surface area contributed by atoms with Crippen molar-refractivity contribution in [1.82, 2.24) is 9.29 Å². The largest absolute Gasteiger partial charge is 0.379 e. The van der Waals surface area contributed by atoms with Crippen LogP contribution in [0.4, 0.5) is 0 Å². The topological polar surface area (TPSA) is 68.7 Å². The minimum Gasteiger partial charge on any atom is -0.379 e. The molecule has 0 N–H and O–H groups in total. The van der Waals surface area contributed by atoms with E-state index in [-0.39, 0.29) is 18.0 Å². The van der Waals surface area contributed by atoms with Crippen LogP contribution in [0.5, 0.6) is 0 Å². The molecule has 1 aliphatic heterocycles. The van der Waals surface area contributed by atoms with Gasteiger partial charge in [-0.25, -0.2) is 8.42 Å². The Labute approximate surface area is 182 Å². The van der Waals surface area contributed by atoms with Crippen molar-refractivity contribution in [2.75, 3.05) is 19.8 Å². The number of aromatic nitrogens is 1. The van der Waals surface area contributed by atoms with Crippen LogP contribution >= 0.6 is 0 Å². The summed E-state index contributed by atoms with van der Waals surface area (Å²) in [7, 11) is -3.84. The second-order valence-corrected chi connectivity index (χ2v) is 10.2. The number of rotatable bonds is 6. The van der Waals surface area contributed by atoms with Crippen LogP contribution in [-0.2, 0) is 32.6 Å². The Hall–Kier alpha value is -2.32. The highest BCUT2D eigenvalue weighted by Gasteiger charge is 2.35. The maximum Gasteiger partial charge on any atom is 0.245 e. The van der Waals surface area contributed by atoms with E-state index >= 15 is 0 Å². The van der Waals surface area contributed by atoms with E-state index < -0.39 is 16.1 Å². The molecule has 2 aliphatic rings. The van der Waals surface area contributed by atoms with Gasteiger partial charge >= 0.3 is 0 Å². The molecule has 2 aromatic carbocycles. The molecule has 1 atom stereocenters. The Kier molecular flexibility index (Phi) is 5.75. The molecule has 0 amide bonds. The van der Waals surface area contributed by atoms with E-state index in [1.165, 1.54) is 12.8 Å². The molecule has 1 aromatic heterocycles. The van der Waals surface area contributed by atoms with Crippen LogP contribution in [0.2, 0.25) is 0 Å². The summed E-state index contributed by atoms with van der Waals surface area (Å²) in [6.07, 6.45) is 4.01. The molecule has 162 valence electrons. The van der Waals surface area contributed by atoms with Gasteiger partial charge in [0.15, 0.2) is 0 Å². The SMILES string of the molecule is O=S(=O)(c1cccc2cccnc12)N1Cc2ccccc2COC[C@H]1COCC1CC1. The number of pyridine rings is 1. The van der Waals surface area contributed by atoms with E-state index in [1.54, 1.807) is 22.6 Å². The normalized spacial score (nSPS) is 20.2. The Morgan fingerprint density at radius 2 is 1.81 bits per heavy atom. The Morgan fingerprint density at radius 1 is 1.00 bits per heavy atom. The third-order valence-corrected chi connectivity index (χ3v) is 7.89. The van der Waals surface area contributed by atoms with Gasteiger partial charge in [-0.15, -0.1) is 0 Å². The molecule has 1 saturated carbocycles. The molecule has 6 nitrogen and oxygen atoms in total. The fourth-order valence-electron chi connectivity index (χ4n) is 4.02. The molecule has 0 unspecified atom stereocenters. The van der Waals surface area contributed by atoms with E-state index in [0.717, 1.165) is 16.5 Å². The van der Waals surface area contributed by atoms with Crippen molar-refractivity contribution in [2.45, 2.75) is 36.9 Å². The fraction of sp³-hybridized carbons (Fsp3) is 0.375. The Bertz CT molecular complexity index is 1170. The minimum atomic E-state index is -3.84. The van der Waals surface area contributed by atoms with Crippen molar-refractivity contribution in [3.05, 3.63) is 71.9 Å². The van der Waals surface area contributed by atoms with Crippen molar-refractivity contribution >= 4 is 20.9 Å². The zero-order valence-corrected chi connectivity index (χ0v) is 18.1. The second-order valence-electron chi connectivity index (χ2n) is 8.30. The van der Waals surface area contributed by atoms with E-state index in [4.69, 9.17) is 9.47 Å². The highest BCUT2D eigenvalue weighted by atomic mass is 32.2. The van der Waals surface area contributed by atoms with Crippen LogP contribution in [0.15, 0.2) is 65.7 Å². The summed E-state index contributed by atoms with van der Waals surface area (Å²) < 4.78 is 41.3. The number of hydrogen-bond donors (Lipinski definition) is 0. The molecule has 31 heavy (non-hydrogen) atoms. The van der Waals surface area contributed by atoms with Crippen molar-refractivity contribution in [1.29, 1.82) is 0 Å². The van der Waals surface area contributed by atoms with Crippen molar-refractivity contribution in [2.24, 2.45) is 5.92 Å². The van der Waals surface area contributed by atoms with Crippen LogP contribution < -0.4 is 0 Å². The fourth-order valence-corrected chi connectivity index (χ4v) is 5.76. The van der Waals surface area contributed by atoms with Gasteiger partial charge in [0.1, 0.15) is 4.90 Å². The number of benzene rings is 2. The minimum absolute atomic E-state index is 0.218. The molecule has 0 spiro atoms. The summed E-state index contributed by atoms with van der Waals surface area (Å²) in [5, 5.41) is 0.800. The Balaban J connectivity index is 1.54. The lowest BCUT2D eigenvalue weighted by Crippen LogP contribution is -2.46. The van der Waals surface area contributed by atoms with Crippen LogP contribution in [0.1, 0.15) is 24.0 Å². The third-order valence-electron chi connectivity index (χ3n) is 5.96. The van der Waals surface area contributed by atoms with Gasteiger partial charge in [0.05, 0.1) is 31.4 Å².